The Kier molecular flexibility index (Phi) is 4.53. The van der Waals surface area contributed by atoms with Crippen molar-refractivity contribution in [2.75, 3.05) is 0 Å². The number of benzene rings is 2. The smallest absolute Gasteiger partial charge is 0.251 e. The van der Waals surface area contributed by atoms with Crippen molar-refractivity contribution in [3.63, 3.8) is 0 Å². The summed E-state index contributed by atoms with van der Waals surface area (Å²) in [5.41, 5.74) is 4.79. The molecule has 0 aliphatic carbocycles. The van der Waals surface area contributed by atoms with Gasteiger partial charge in [0.2, 0.25) is 0 Å². The van der Waals surface area contributed by atoms with Gasteiger partial charge in [-0.3, -0.25) is 4.79 Å². The van der Waals surface area contributed by atoms with Crippen LogP contribution in [0.2, 0.25) is 0 Å². The molecule has 0 atom stereocenters. The van der Waals surface area contributed by atoms with Crippen molar-refractivity contribution in [2.24, 2.45) is 0 Å². The molecule has 0 saturated heterocycles. The number of aliphatic hydroxyl groups excluding tert-OH is 1. The molecule has 2 aromatic rings. The van der Waals surface area contributed by atoms with E-state index < -0.39 is 0 Å². The molecule has 104 valence electrons. The highest BCUT2D eigenvalue weighted by Crippen LogP contribution is 2.10. The molecule has 1 amide bonds. The molecule has 3 nitrogen and oxygen atoms in total. The van der Waals surface area contributed by atoms with Crippen LogP contribution in [0.1, 0.15) is 32.6 Å². The van der Waals surface area contributed by atoms with E-state index in [-0.39, 0.29) is 12.5 Å². The number of carbonyl (C=O) groups excluding carboxylic acids is 1. The van der Waals surface area contributed by atoms with E-state index >= 15 is 0 Å². The Morgan fingerprint density at radius 1 is 1.05 bits per heavy atom. The van der Waals surface area contributed by atoms with E-state index in [2.05, 4.69) is 5.32 Å². The first kappa shape index (κ1) is 14.3. The molecule has 0 aromatic heterocycles. The van der Waals surface area contributed by atoms with Crippen molar-refractivity contribution in [3.05, 3.63) is 70.3 Å². The second-order valence-corrected chi connectivity index (χ2v) is 4.96. The molecule has 0 radical (unpaired) electrons. The van der Waals surface area contributed by atoms with Crippen molar-refractivity contribution in [1.29, 1.82) is 0 Å². The predicted octanol–water partition coefficient (Wildman–Crippen LogP) is 2.73. The number of carbonyl (C=O) groups is 1. The van der Waals surface area contributed by atoms with Crippen LogP contribution in [0.25, 0.3) is 0 Å². The first-order chi connectivity index (χ1) is 9.60. The van der Waals surface area contributed by atoms with Gasteiger partial charge >= 0.3 is 0 Å². The van der Waals surface area contributed by atoms with Gasteiger partial charge in [0.05, 0.1) is 6.61 Å². The summed E-state index contributed by atoms with van der Waals surface area (Å²) in [5.74, 6) is -0.0810. The Labute approximate surface area is 119 Å². The lowest BCUT2D eigenvalue weighted by Crippen LogP contribution is -2.22. The number of amides is 1. The average molecular weight is 269 g/mol. The second-order valence-electron chi connectivity index (χ2n) is 4.96. The minimum absolute atomic E-state index is 0.0128. The minimum Gasteiger partial charge on any atom is -0.392 e. The summed E-state index contributed by atoms with van der Waals surface area (Å²) in [6, 6.07) is 13.2. The Balaban J connectivity index is 2.02. The van der Waals surface area contributed by atoms with Crippen LogP contribution in [0, 0.1) is 13.8 Å². The number of hydrogen-bond donors (Lipinski definition) is 2. The Hall–Kier alpha value is -2.13. The maximum absolute atomic E-state index is 12.1. The SMILES string of the molecule is Cc1ccc(C(=O)NCc2cccc(CO)c2)cc1C. The van der Waals surface area contributed by atoms with E-state index in [1.54, 1.807) is 0 Å². The van der Waals surface area contributed by atoms with Crippen LogP contribution in [0.15, 0.2) is 42.5 Å². The van der Waals surface area contributed by atoms with Crippen LogP contribution in [-0.2, 0) is 13.2 Å². The third-order valence-corrected chi connectivity index (χ3v) is 3.40. The van der Waals surface area contributed by atoms with Crippen molar-refractivity contribution in [1.82, 2.24) is 5.32 Å². The van der Waals surface area contributed by atoms with E-state index in [0.717, 1.165) is 16.7 Å². The first-order valence-electron chi connectivity index (χ1n) is 6.64. The molecule has 2 rings (SSSR count). The van der Waals surface area contributed by atoms with Crippen molar-refractivity contribution >= 4 is 5.91 Å². The summed E-state index contributed by atoms with van der Waals surface area (Å²) in [4.78, 5) is 12.1. The molecule has 0 heterocycles. The fourth-order valence-corrected chi connectivity index (χ4v) is 2.01. The molecule has 20 heavy (non-hydrogen) atoms. The van der Waals surface area contributed by atoms with Crippen LogP contribution in [0.3, 0.4) is 0 Å². The predicted molar refractivity (Wildman–Crippen MR) is 79.5 cm³/mol. The van der Waals surface area contributed by atoms with Crippen LogP contribution >= 0.6 is 0 Å². The topological polar surface area (TPSA) is 49.3 Å². The molecule has 0 fully saturated rings. The van der Waals surface area contributed by atoms with Crippen LogP contribution in [-0.4, -0.2) is 11.0 Å². The zero-order chi connectivity index (χ0) is 14.5. The molecule has 2 aromatic carbocycles. The van der Waals surface area contributed by atoms with E-state index in [9.17, 15) is 4.79 Å². The van der Waals surface area contributed by atoms with Crippen molar-refractivity contribution < 1.29 is 9.90 Å². The molecule has 2 N–H and O–H groups in total. The number of nitrogens with one attached hydrogen (secondary N) is 1. The lowest BCUT2D eigenvalue weighted by atomic mass is 10.1. The van der Waals surface area contributed by atoms with Crippen LogP contribution < -0.4 is 5.32 Å². The van der Waals surface area contributed by atoms with E-state index in [1.165, 1.54) is 5.56 Å². The average Bonchev–Trinajstić information content (AvgIpc) is 2.47. The lowest BCUT2D eigenvalue weighted by Gasteiger charge is -2.08. The van der Waals surface area contributed by atoms with Gasteiger partial charge in [-0.15, -0.1) is 0 Å². The standard InChI is InChI=1S/C17H19NO2/c1-12-6-7-16(8-13(12)2)17(20)18-10-14-4-3-5-15(9-14)11-19/h3-9,19H,10-11H2,1-2H3,(H,18,20). The van der Waals surface area contributed by atoms with Gasteiger partial charge in [-0.05, 0) is 48.2 Å². The van der Waals surface area contributed by atoms with Gasteiger partial charge in [0.1, 0.15) is 0 Å². The normalized spacial score (nSPS) is 10.3. The van der Waals surface area contributed by atoms with E-state index in [0.29, 0.717) is 12.1 Å². The summed E-state index contributed by atoms with van der Waals surface area (Å²) in [5, 5.41) is 12.0. The monoisotopic (exact) mass is 269 g/mol. The zero-order valence-electron chi connectivity index (χ0n) is 11.8. The molecular formula is C17H19NO2. The maximum atomic E-state index is 12.1. The van der Waals surface area contributed by atoms with Gasteiger partial charge < -0.3 is 10.4 Å². The van der Waals surface area contributed by atoms with Gasteiger partial charge in [-0.1, -0.05) is 30.3 Å². The zero-order valence-corrected chi connectivity index (χ0v) is 11.8. The minimum atomic E-state index is -0.0810. The summed E-state index contributed by atoms with van der Waals surface area (Å²) in [6.07, 6.45) is 0. The van der Waals surface area contributed by atoms with Crippen LogP contribution in [0.5, 0.6) is 0 Å². The Morgan fingerprint density at radius 2 is 1.80 bits per heavy atom. The fraction of sp³-hybridized carbons (Fsp3) is 0.235. The maximum Gasteiger partial charge on any atom is 0.251 e. The van der Waals surface area contributed by atoms with E-state index in [4.69, 9.17) is 5.11 Å². The molecule has 0 bridgehead atoms. The van der Waals surface area contributed by atoms with Crippen molar-refractivity contribution in [3.8, 4) is 0 Å². The highest BCUT2D eigenvalue weighted by Gasteiger charge is 2.06. The largest absolute Gasteiger partial charge is 0.392 e. The molecule has 3 heteroatoms. The van der Waals surface area contributed by atoms with Gasteiger partial charge in [0, 0.05) is 12.1 Å². The Bertz CT molecular complexity index is 620. The number of rotatable bonds is 4. The summed E-state index contributed by atoms with van der Waals surface area (Å²) in [7, 11) is 0. The number of aliphatic hydroxyl groups is 1. The van der Waals surface area contributed by atoms with Gasteiger partial charge in [-0.2, -0.15) is 0 Å². The molecule has 0 saturated carbocycles. The summed E-state index contributed by atoms with van der Waals surface area (Å²) >= 11 is 0. The third-order valence-electron chi connectivity index (χ3n) is 3.40. The van der Waals surface area contributed by atoms with Gasteiger partial charge in [-0.25, -0.2) is 0 Å². The highest BCUT2D eigenvalue weighted by atomic mass is 16.3. The molecular weight excluding hydrogens is 250 g/mol. The fourth-order valence-electron chi connectivity index (χ4n) is 2.01. The van der Waals surface area contributed by atoms with E-state index in [1.807, 2.05) is 56.3 Å². The molecule has 0 aliphatic heterocycles. The molecule has 0 spiro atoms. The van der Waals surface area contributed by atoms with Crippen LogP contribution in [0.4, 0.5) is 0 Å². The van der Waals surface area contributed by atoms with Crippen molar-refractivity contribution in [2.45, 2.75) is 27.0 Å². The second kappa shape index (κ2) is 6.35. The summed E-state index contributed by atoms with van der Waals surface area (Å²) < 4.78 is 0. The number of aryl methyl sites for hydroxylation is 2. The molecule has 0 unspecified atom stereocenters. The Morgan fingerprint density at radius 3 is 2.50 bits per heavy atom. The molecule has 0 aliphatic rings. The quantitative estimate of drug-likeness (QED) is 0.896. The van der Waals surface area contributed by atoms with Gasteiger partial charge in [0.25, 0.3) is 5.91 Å². The number of hydrogen-bond acceptors (Lipinski definition) is 2. The lowest BCUT2D eigenvalue weighted by molar-refractivity contribution is 0.0951. The van der Waals surface area contributed by atoms with Gasteiger partial charge in [0.15, 0.2) is 0 Å². The highest BCUT2D eigenvalue weighted by molar-refractivity contribution is 5.94. The first-order valence-corrected chi connectivity index (χ1v) is 6.64. The third kappa shape index (κ3) is 3.45. The summed E-state index contributed by atoms with van der Waals surface area (Å²) in [6.45, 7) is 4.49.